The van der Waals surface area contributed by atoms with Crippen molar-refractivity contribution in [3.8, 4) is 0 Å². The summed E-state index contributed by atoms with van der Waals surface area (Å²) in [5.74, 6) is -6.76. The number of aliphatic hydroxyl groups is 11. The number of carboxylic acid groups (broad SMARTS) is 1. The molecule has 12 N–H and O–H groups in total. The number of cyclic esters (lactones) is 1. The van der Waals surface area contributed by atoms with Crippen LogP contribution < -0.4 is 0 Å². The number of carbonyl (C=O) groups is 3. The van der Waals surface area contributed by atoms with E-state index in [1.165, 1.54) is 27.9 Å². The van der Waals surface area contributed by atoms with Gasteiger partial charge in [0.15, 0.2) is 18.7 Å². The highest BCUT2D eigenvalue weighted by atomic mass is 16.7. The Labute approximate surface area is 387 Å². The fraction of sp³-hybridized carbons (Fsp3) is 0.932. The maximum atomic E-state index is 14.1. The lowest BCUT2D eigenvalue weighted by atomic mass is 9.74. The third kappa shape index (κ3) is 14.3. The van der Waals surface area contributed by atoms with Crippen LogP contribution in [0.2, 0.25) is 0 Å². The molecule has 22 nitrogen and oxygen atoms in total. The first-order valence-electron chi connectivity index (χ1n) is 22.6. The number of aliphatic hydroxyl groups excluding tert-OH is 9. The number of likely N-dealkylation sites (N-methyl/N-ethyl adjacent to an activating group) is 1. The van der Waals surface area contributed by atoms with E-state index in [2.05, 4.69) is 0 Å². The molecular formula is C44H81NO21. The molecule has 3 aliphatic heterocycles. The van der Waals surface area contributed by atoms with Gasteiger partial charge in [0.05, 0.1) is 54.2 Å². The van der Waals surface area contributed by atoms with E-state index in [1.54, 1.807) is 41.5 Å². The molecule has 3 aliphatic rings. The van der Waals surface area contributed by atoms with Crippen LogP contribution in [0.4, 0.5) is 0 Å². The molecule has 23 unspecified atom stereocenters. The Morgan fingerprint density at radius 2 is 1.42 bits per heavy atom. The molecule has 0 radical (unpaired) electrons. The van der Waals surface area contributed by atoms with Gasteiger partial charge in [0, 0.05) is 37.3 Å². The molecule has 388 valence electrons. The predicted octanol–water partition coefficient (Wildman–Crippen LogP) is -2.35. The maximum Gasteiger partial charge on any atom is 0.335 e. The van der Waals surface area contributed by atoms with E-state index >= 15 is 0 Å². The van der Waals surface area contributed by atoms with Crippen LogP contribution in [0.3, 0.4) is 0 Å². The standard InChI is InChI=1S/C37H67NO13.C7H14O8/c1-14-25-37(10,45)30(41)20(4)27(39)18(2)16-35(8,44)32(51-34-28(40)24(38(11)12)15-19(3)47-34)21(5)29(22(6)33(43)49-25)50-26-17-36(9,46-13)31(42)23(7)48-26;8-1-2(9)3(10)4(11)5(12)6(13)7(14)15/h18-26,28-32,34,40-42,44-45H,14-17H2,1-13H3;2-6,8-13H,1H2,(H,14,15). The van der Waals surface area contributed by atoms with E-state index in [0.29, 0.717) is 6.42 Å². The molecule has 0 aromatic carbocycles. The number of Topliss-reactive ketones (excluding diaryl/α,β-unsaturated/α-hetero) is 1. The summed E-state index contributed by atoms with van der Waals surface area (Å²) >= 11 is 0. The highest BCUT2D eigenvalue weighted by Crippen LogP contribution is 2.41. The van der Waals surface area contributed by atoms with Crippen molar-refractivity contribution in [2.75, 3.05) is 27.8 Å². The summed E-state index contributed by atoms with van der Waals surface area (Å²) in [6.07, 6.45) is -20.0. The Morgan fingerprint density at radius 3 is 1.92 bits per heavy atom. The van der Waals surface area contributed by atoms with Gasteiger partial charge in [-0.05, 0) is 74.9 Å². The number of aliphatic carboxylic acids is 1. The van der Waals surface area contributed by atoms with Crippen molar-refractivity contribution in [2.45, 2.75) is 210 Å². The average Bonchev–Trinajstić information content (AvgIpc) is 3.25. The van der Waals surface area contributed by atoms with Crippen LogP contribution in [-0.2, 0) is 42.8 Å². The zero-order chi connectivity index (χ0) is 51.1. The van der Waals surface area contributed by atoms with Gasteiger partial charge in [-0.1, -0.05) is 27.7 Å². The monoisotopic (exact) mass is 960 g/mol. The molecule has 0 spiro atoms. The average molecular weight is 960 g/mol. The Hall–Kier alpha value is -2.07. The summed E-state index contributed by atoms with van der Waals surface area (Å²) in [6, 6.07) is -0.324. The van der Waals surface area contributed by atoms with Gasteiger partial charge in [0.2, 0.25) is 0 Å². The minimum atomic E-state index is -2.29. The Bertz CT molecular complexity index is 1540. The van der Waals surface area contributed by atoms with E-state index in [9.17, 15) is 39.9 Å². The normalized spacial score (nSPS) is 43.3. The van der Waals surface area contributed by atoms with Gasteiger partial charge in [-0.15, -0.1) is 0 Å². The van der Waals surface area contributed by atoms with Crippen molar-refractivity contribution in [3.63, 3.8) is 0 Å². The molecule has 23 atom stereocenters. The third-order valence-corrected chi connectivity index (χ3v) is 13.7. The molecule has 22 heteroatoms. The van der Waals surface area contributed by atoms with Crippen LogP contribution in [0, 0.1) is 23.7 Å². The molecule has 0 aromatic heterocycles. The van der Waals surface area contributed by atoms with Gasteiger partial charge in [0.1, 0.15) is 54.1 Å². The second-order valence-electron chi connectivity index (χ2n) is 19.5. The number of hydrogen-bond donors (Lipinski definition) is 12. The van der Waals surface area contributed by atoms with Crippen LogP contribution in [0.25, 0.3) is 0 Å². The molecule has 0 amide bonds. The SMILES string of the molecule is CCC1OC(=O)C(C)C(OC2CC(C)(OC)C(O)C(C)O2)C(C)C(OC2OC(C)CC(N(C)C)C2O)C(C)(O)CC(C)C(=O)C(C)C(O)C1(C)O.O=C(O)C(O)C(O)C(O)C(O)C(O)CO. The zero-order valence-corrected chi connectivity index (χ0v) is 40.6. The van der Waals surface area contributed by atoms with E-state index in [1.807, 2.05) is 25.9 Å². The molecule has 0 bridgehead atoms. The highest BCUT2D eigenvalue weighted by Gasteiger charge is 2.53. The van der Waals surface area contributed by atoms with Crippen LogP contribution in [0.15, 0.2) is 0 Å². The Balaban J connectivity index is 0.000000850. The topological polar surface area (TPSA) is 353 Å². The molecule has 0 aromatic rings. The molecule has 3 saturated heterocycles. The minimum absolute atomic E-state index is 0.0936. The Morgan fingerprint density at radius 1 is 0.848 bits per heavy atom. The van der Waals surface area contributed by atoms with Crippen molar-refractivity contribution in [1.29, 1.82) is 0 Å². The third-order valence-electron chi connectivity index (χ3n) is 13.7. The lowest BCUT2D eigenvalue weighted by Crippen LogP contribution is -2.61. The summed E-state index contributed by atoms with van der Waals surface area (Å²) in [6.45, 7) is 15.5. The molecular weight excluding hydrogens is 878 g/mol. The largest absolute Gasteiger partial charge is 0.479 e. The molecule has 0 saturated carbocycles. The smallest absolute Gasteiger partial charge is 0.335 e. The molecule has 66 heavy (non-hydrogen) atoms. The van der Waals surface area contributed by atoms with Crippen molar-refractivity contribution >= 4 is 17.7 Å². The number of nitrogens with zero attached hydrogens (tertiary/aromatic N) is 1. The van der Waals surface area contributed by atoms with Crippen molar-refractivity contribution in [1.82, 2.24) is 4.90 Å². The van der Waals surface area contributed by atoms with E-state index < -0.39 is 151 Å². The molecule has 3 heterocycles. The van der Waals surface area contributed by atoms with Gasteiger partial charge < -0.3 is 94.6 Å². The number of ketones is 1. The van der Waals surface area contributed by atoms with Crippen molar-refractivity contribution in [3.05, 3.63) is 0 Å². The van der Waals surface area contributed by atoms with E-state index in [4.69, 9.17) is 64.2 Å². The van der Waals surface area contributed by atoms with Gasteiger partial charge in [0.25, 0.3) is 0 Å². The van der Waals surface area contributed by atoms with Crippen molar-refractivity contribution < 1.29 is 104 Å². The summed E-state index contributed by atoms with van der Waals surface area (Å²) < 4.78 is 37.1. The van der Waals surface area contributed by atoms with Crippen LogP contribution in [0.5, 0.6) is 0 Å². The highest BCUT2D eigenvalue weighted by molar-refractivity contribution is 5.83. The van der Waals surface area contributed by atoms with Crippen LogP contribution in [0.1, 0.15) is 94.9 Å². The zero-order valence-electron chi connectivity index (χ0n) is 40.6. The number of esters is 1. The number of hydrogen-bond acceptors (Lipinski definition) is 21. The minimum Gasteiger partial charge on any atom is -0.479 e. The first kappa shape index (κ1) is 60.1. The van der Waals surface area contributed by atoms with Gasteiger partial charge in [-0.2, -0.15) is 0 Å². The lowest BCUT2D eigenvalue weighted by molar-refractivity contribution is -0.318. The molecule has 3 rings (SSSR count). The number of carbonyl (C=O) groups excluding carboxylic acids is 2. The maximum absolute atomic E-state index is 14.1. The molecule has 3 fully saturated rings. The molecule has 0 aliphatic carbocycles. The van der Waals surface area contributed by atoms with E-state index in [0.717, 1.165) is 0 Å². The van der Waals surface area contributed by atoms with Gasteiger partial charge in [-0.25, -0.2) is 4.79 Å². The summed E-state index contributed by atoms with van der Waals surface area (Å²) in [4.78, 5) is 40.0. The summed E-state index contributed by atoms with van der Waals surface area (Å²) in [7, 11) is 5.18. The van der Waals surface area contributed by atoms with Gasteiger partial charge >= 0.3 is 11.9 Å². The lowest BCUT2D eigenvalue weighted by Gasteiger charge is -2.49. The number of ether oxygens (including phenoxy) is 6. The number of methoxy groups -OCH3 is 1. The predicted molar refractivity (Wildman–Crippen MR) is 231 cm³/mol. The summed E-state index contributed by atoms with van der Waals surface area (Å²) in [5, 5.41) is 119. The van der Waals surface area contributed by atoms with Crippen LogP contribution in [-0.4, -0.2) is 226 Å². The number of rotatable bonds is 13. The Kier molecular flexibility index (Phi) is 22.4. The quantitative estimate of drug-likeness (QED) is 0.0860. The van der Waals surface area contributed by atoms with E-state index in [-0.39, 0.29) is 31.4 Å². The van der Waals surface area contributed by atoms with Gasteiger partial charge in [-0.3, -0.25) is 9.59 Å². The first-order chi connectivity index (χ1) is 30.2. The van der Waals surface area contributed by atoms with Crippen LogP contribution >= 0.6 is 0 Å². The fourth-order valence-electron chi connectivity index (χ4n) is 9.28. The fourth-order valence-corrected chi connectivity index (χ4v) is 9.28. The summed E-state index contributed by atoms with van der Waals surface area (Å²) in [5.41, 5.74) is -4.84. The number of carboxylic acids is 1. The first-order valence-corrected chi connectivity index (χ1v) is 22.6. The second kappa shape index (κ2) is 24.7. The second-order valence-corrected chi connectivity index (χ2v) is 19.5. The van der Waals surface area contributed by atoms with Crippen molar-refractivity contribution in [2.24, 2.45) is 23.7 Å².